The minimum absolute atomic E-state index is 0.0933. The van der Waals surface area contributed by atoms with E-state index < -0.39 is 9.84 Å². The highest BCUT2D eigenvalue weighted by Gasteiger charge is 2.22. The normalized spacial score (nSPS) is 16.5. The van der Waals surface area contributed by atoms with Gasteiger partial charge in [-0.2, -0.15) is 0 Å². The molecule has 0 unspecified atom stereocenters. The van der Waals surface area contributed by atoms with Gasteiger partial charge in [0.15, 0.2) is 15.6 Å². The van der Waals surface area contributed by atoms with Gasteiger partial charge in [0.2, 0.25) is 0 Å². The van der Waals surface area contributed by atoms with Crippen LogP contribution in [0.2, 0.25) is 0 Å². The molecular weight excluding hydrogens is 440 g/mol. The van der Waals surface area contributed by atoms with Gasteiger partial charge in [-0.05, 0) is 43.2 Å². The van der Waals surface area contributed by atoms with Crippen molar-refractivity contribution < 1.29 is 13.2 Å². The monoisotopic (exact) mass is 466 g/mol. The van der Waals surface area contributed by atoms with E-state index in [0.29, 0.717) is 11.4 Å². The number of carbonyl (C=O) groups is 1. The SMILES string of the molecule is CS(=O)(=O)c1ccc(-c2ccc(N)c(C(=O)Cc3cnccc3N3CCC[C@H](N)C3)n2)nc1. The summed E-state index contributed by atoms with van der Waals surface area (Å²) in [5.41, 5.74) is 15.2. The van der Waals surface area contributed by atoms with Crippen molar-refractivity contribution in [1.82, 2.24) is 15.0 Å². The van der Waals surface area contributed by atoms with Gasteiger partial charge in [-0.3, -0.25) is 14.8 Å². The zero-order valence-electron chi connectivity index (χ0n) is 18.3. The highest BCUT2D eigenvalue weighted by Crippen LogP contribution is 2.26. The van der Waals surface area contributed by atoms with Gasteiger partial charge in [0.25, 0.3) is 0 Å². The minimum atomic E-state index is -3.36. The van der Waals surface area contributed by atoms with Crippen molar-refractivity contribution in [2.45, 2.75) is 30.2 Å². The second-order valence-corrected chi connectivity index (χ2v) is 10.3. The van der Waals surface area contributed by atoms with Crippen LogP contribution in [0.4, 0.5) is 11.4 Å². The van der Waals surface area contributed by atoms with E-state index in [1.165, 1.54) is 12.3 Å². The third-order valence-electron chi connectivity index (χ3n) is 5.64. The summed E-state index contributed by atoms with van der Waals surface area (Å²) < 4.78 is 23.3. The van der Waals surface area contributed by atoms with Crippen LogP contribution >= 0.6 is 0 Å². The molecular formula is C23H26N6O3S. The molecule has 33 heavy (non-hydrogen) atoms. The molecule has 0 radical (unpaired) electrons. The average Bonchev–Trinajstić information content (AvgIpc) is 2.79. The van der Waals surface area contributed by atoms with Crippen LogP contribution in [-0.4, -0.2) is 54.5 Å². The molecule has 1 aliphatic heterocycles. The largest absolute Gasteiger partial charge is 0.397 e. The lowest BCUT2D eigenvalue weighted by Gasteiger charge is -2.33. The zero-order chi connectivity index (χ0) is 23.6. The maximum Gasteiger partial charge on any atom is 0.187 e. The summed E-state index contributed by atoms with van der Waals surface area (Å²) in [6.07, 6.45) is 7.87. The van der Waals surface area contributed by atoms with Crippen LogP contribution in [0.3, 0.4) is 0 Å². The number of carbonyl (C=O) groups excluding carboxylic acids is 1. The van der Waals surface area contributed by atoms with E-state index in [2.05, 4.69) is 19.9 Å². The lowest BCUT2D eigenvalue weighted by molar-refractivity contribution is 0.0989. The zero-order valence-corrected chi connectivity index (χ0v) is 19.1. The number of pyridine rings is 3. The van der Waals surface area contributed by atoms with Gasteiger partial charge in [0, 0.05) is 61.6 Å². The Bertz CT molecular complexity index is 1280. The summed E-state index contributed by atoms with van der Waals surface area (Å²) in [7, 11) is -3.36. The first-order chi connectivity index (χ1) is 15.7. The second-order valence-electron chi connectivity index (χ2n) is 8.24. The maximum absolute atomic E-state index is 13.2. The van der Waals surface area contributed by atoms with Crippen molar-refractivity contribution >= 4 is 27.0 Å². The van der Waals surface area contributed by atoms with E-state index >= 15 is 0 Å². The van der Waals surface area contributed by atoms with Crippen LogP contribution in [0, 0.1) is 0 Å². The standard InChI is InChI=1S/C23H26N6O3S/c1-33(31,32)17-4-6-19(27-13-17)20-7-5-18(25)23(28-20)22(30)11-15-12-26-9-8-21(15)29-10-2-3-16(24)14-29/h4-9,12-13,16H,2-3,10-11,14,24-25H2,1H3/t16-/m0/s1. The van der Waals surface area contributed by atoms with Gasteiger partial charge in [-0.15, -0.1) is 0 Å². The Morgan fingerprint density at radius 2 is 1.94 bits per heavy atom. The van der Waals surface area contributed by atoms with Crippen molar-refractivity contribution in [1.29, 1.82) is 0 Å². The molecule has 0 spiro atoms. The van der Waals surface area contributed by atoms with Gasteiger partial charge in [0.05, 0.1) is 22.0 Å². The first kappa shape index (κ1) is 22.8. The van der Waals surface area contributed by atoms with Crippen LogP contribution in [0.5, 0.6) is 0 Å². The Morgan fingerprint density at radius 3 is 2.64 bits per heavy atom. The molecule has 0 bridgehead atoms. The Kier molecular flexibility index (Phi) is 6.39. The molecule has 10 heteroatoms. The fraction of sp³-hybridized carbons (Fsp3) is 0.304. The smallest absolute Gasteiger partial charge is 0.187 e. The fourth-order valence-corrected chi connectivity index (χ4v) is 4.50. The molecule has 3 aromatic heterocycles. The quantitative estimate of drug-likeness (QED) is 0.520. The minimum Gasteiger partial charge on any atom is -0.397 e. The molecule has 0 amide bonds. The van der Waals surface area contributed by atoms with E-state index in [1.807, 2.05) is 6.07 Å². The number of sulfone groups is 1. The first-order valence-electron chi connectivity index (χ1n) is 10.6. The van der Waals surface area contributed by atoms with Crippen molar-refractivity contribution in [2.75, 3.05) is 30.0 Å². The third kappa shape index (κ3) is 5.18. The first-order valence-corrected chi connectivity index (χ1v) is 12.5. The molecule has 1 aliphatic rings. The number of hydrogen-bond donors (Lipinski definition) is 2. The molecule has 3 aromatic rings. The molecule has 1 fully saturated rings. The van der Waals surface area contributed by atoms with Crippen LogP contribution in [0.1, 0.15) is 28.9 Å². The van der Waals surface area contributed by atoms with Gasteiger partial charge in [-0.1, -0.05) is 0 Å². The topological polar surface area (TPSA) is 145 Å². The molecule has 1 saturated heterocycles. The van der Waals surface area contributed by atoms with Crippen LogP contribution in [0.15, 0.2) is 53.8 Å². The van der Waals surface area contributed by atoms with Gasteiger partial charge in [0.1, 0.15) is 5.69 Å². The van der Waals surface area contributed by atoms with Gasteiger partial charge < -0.3 is 16.4 Å². The molecule has 0 aromatic carbocycles. The summed E-state index contributed by atoms with van der Waals surface area (Å²) in [5, 5.41) is 0. The van der Waals surface area contributed by atoms with E-state index in [9.17, 15) is 13.2 Å². The molecule has 4 heterocycles. The third-order valence-corrected chi connectivity index (χ3v) is 6.74. The number of nitrogens with two attached hydrogens (primary N) is 2. The molecule has 172 valence electrons. The fourth-order valence-electron chi connectivity index (χ4n) is 3.94. The molecule has 4 N–H and O–H groups in total. The number of anilines is 2. The van der Waals surface area contributed by atoms with E-state index in [1.54, 1.807) is 30.6 Å². The van der Waals surface area contributed by atoms with Crippen LogP contribution in [0.25, 0.3) is 11.4 Å². The van der Waals surface area contributed by atoms with Gasteiger partial charge in [-0.25, -0.2) is 13.4 Å². The number of rotatable bonds is 6. The number of Topliss-reactive ketones (excluding diaryl/α,β-unsaturated/α-hetero) is 1. The van der Waals surface area contributed by atoms with Crippen molar-refractivity contribution in [3.05, 3.63) is 60.2 Å². The number of hydrogen-bond acceptors (Lipinski definition) is 9. The van der Waals surface area contributed by atoms with E-state index in [-0.39, 0.29) is 34.5 Å². The highest BCUT2D eigenvalue weighted by molar-refractivity contribution is 7.90. The Morgan fingerprint density at radius 1 is 1.15 bits per heavy atom. The Hall–Kier alpha value is -3.37. The predicted octanol–water partition coefficient (Wildman–Crippen LogP) is 1.88. The number of nitrogen functional groups attached to an aromatic ring is 1. The summed E-state index contributed by atoms with van der Waals surface area (Å²) >= 11 is 0. The summed E-state index contributed by atoms with van der Waals surface area (Å²) in [5.74, 6) is -0.238. The maximum atomic E-state index is 13.2. The molecule has 1 atom stereocenters. The van der Waals surface area contributed by atoms with E-state index in [0.717, 1.165) is 43.4 Å². The predicted molar refractivity (Wildman–Crippen MR) is 127 cm³/mol. The number of piperidine rings is 1. The molecule has 9 nitrogen and oxygen atoms in total. The lowest BCUT2D eigenvalue weighted by atomic mass is 10.0. The highest BCUT2D eigenvalue weighted by atomic mass is 32.2. The van der Waals surface area contributed by atoms with Crippen LogP contribution in [-0.2, 0) is 16.3 Å². The molecule has 0 saturated carbocycles. The Balaban J connectivity index is 1.60. The Labute approximate surface area is 192 Å². The van der Waals surface area contributed by atoms with Crippen molar-refractivity contribution in [3.8, 4) is 11.4 Å². The van der Waals surface area contributed by atoms with E-state index in [4.69, 9.17) is 11.5 Å². The molecule has 0 aliphatic carbocycles. The van der Waals surface area contributed by atoms with Gasteiger partial charge >= 0.3 is 0 Å². The summed E-state index contributed by atoms with van der Waals surface area (Å²) in [6.45, 7) is 1.61. The summed E-state index contributed by atoms with van der Waals surface area (Å²) in [4.78, 5) is 28.3. The lowest BCUT2D eigenvalue weighted by Crippen LogP contribution is -2.43. The van der Waals surface area contributed by atoms with Crippen molar-refractivity contribution in [2.24, 2.45) is 5.73 Å². The van der Waals surface area contributed by atoms with Crippen LogP contribution < -0.4 is 16.4 Å². The molecule has 4 rings (SSSR count). The van der Waals surface area contributed by atoms with Crippen molar-refractivity contribution in [3.63, 3.8) is 0 Å². The average molecular weight is 467 g/mol. The number of ketones is 1. The number of nitrogens with zero attached hydrogens (tertiary/aromatic N) is 4. The summed E-state index contributed by atoms with van der Waals surface area (Å²) in [6, 6.07) is 8.28. The number of aromatic nitrogens is 3. The second kappa shape index (κ2) is 9.24.